The fourth-order valence-electron chi connectivity index (χ4n) is 7.62. The Morgan fingerprint density at radius 3 is 1.78 bits per heavy atom. The van der Waals surface area contributed by atoms with E-state index in [4.69, 9.17) is 23.8 Å². The summed E-state index contributed by atoms with van der Waals surface area (Å²) in [5.41, 5.74) is 10.5. The maximum atomic E-state index is 6.46. The largest absolute Gasteiger partial charge is 0.456 e. The Morgan fingerprint density at radius 1 is 0.296 bits per heavy atom. The van der Waals surface area contributed by atoms with Crippen LogP contribution >= 0.6 is 0 Å². The number of hydrogen-bond acceptors (Lipinski definition) is 5. The predicted molar refractivity (Wildman–Crippen MR) is 219 cm³/mol. The van der Waals surface area contributed by atoms with Gasteiger partial charge in [0, 0.05) is 38.2 Å². The zero-order valence-electron chi connectivity index (χ0n) is 28.9. The summed E-state index contributed by atoms with van der Waals surface area (Å²) in [6, 6.07) is 60.5. The molecule has 11 rings (SSSR count). The smallest absolute Gasteiger partial charge is 0.164 e. The minimum absolute atomic E-state index is 0.581. The summed E-state index contributed by atoms with van der Waals surface area (Å²) in [6.07, 6.45) is 0. The second kappa shape index (κ2) is 12.1. The van der Waals surface area contributed by atoms with Crippen LogP contribution in [0.2, 0.25) is 0 Å². The van der Waals surface area contributed by atoms with Gasteiger partial charge in [0.15, 0.2) is 17.5 Å². The van der Waals surface area contributed by atoms with E-state index in [-0.39, 0.29) is 0 Å². The first-order chi connectivity index (χ1) is 26.7. The molecule has 0 radical (unpaired) electrons. The van der Waals surface area contributed by atoms with Crippen molar-refractivity contribution in [3.05, 3.63) is 176 Å². The lowest BCUT2D eigenvalue weighted by molar-refractivity contribution is 0.669. The van der Waals surface area contributed by atoms with Gasteiger partial charge < -0.3 is 8.83 Å². The molecule has 8 aromatic carbocycles. The number of hydrogen-bond donors (Lipinski definition) is 0. The summed E-state index contributed by atoms with van der Waals surface area (Å²) < 4.78 is 12.7. The molecule has 3 heterocycles. The number of fused-ring (bicyclic) bond motifs is 7. The van der Waals surface area contributed by atoms with E-state index in [9.17, 15) is 0 Å². The van der Waals surface area contributed by atoms with Crippen LogP contribution in [-0.4, -0.2) is 15.0 Å². The molecule has 0 aliphatic carbocycles. The molecule has 0 spiro atoms. The van der Waals surface area contributed by atoms with Crippen molar-refractivity contribution in [2.24, 2.45) is 0 Å². The average molecular weight is 692 g/mol. The molecular weight excluding hydrogens is 663 g/mol. The van der Waals surface area contributed by atoms with Crippen LogP contribution in [0.3, 0.4) is 0 Å². The van der Waals surface area contributed by atoms with Crippen LogP contribution in [0.5, 0.6) is 0 Å². The molecule has 0 amide bonds. The van der Waals surface area contributed by atoms with Crippen LogP contribution < -0.4 is 0 Å². The summed E-state index contributed by atoms with van der Waals surface area (Å²) in [7, 11) is 0. The van der Waals surface area contributed by atoms with E-state index in [1.807, 2.05) is 42.5 Å². The minimum atomic E-state index is 0.581. The molecule has 5 nitrogen and oxygen atoms in total. The number of aromatic nitrogens is 3. The van der Waals surface area contributed by atoms with Crippen molar-refractivity contribution >= 4 is 54.6 Å². The van der Waals surface area contributed by atoms with Gasteiger partial charge in [-0.15, -0.1) is 0 Å². The molecule has 0 aliphatic heterocycles. The Balaban J connectivity index is 1.08. The van der Waals surface area contributed by atoms with Crippen LogP contribution in [-0.2, 0) is 0 Å². The third-order valence-electron chi connectivity index (χ3n) is 10.3. The highest BCUT2D eigenvalue weighted by Crippen LogP contribution is 2.40. The van der Waals surface area contributed by atoms with Crippen molar-refractivity contribution in [3.8, 4) is 56.4 Å². The number of benzene rings is 8. The van der Waals surface area contributed by atoms with Crippen molar-refractivity contribution in [2.45, 2.75) is 0 Å². The Bertz CT molecular complexity index is 3210. The van der Waals surface area contributed by atoms with Gasteiger partial charge in [-0.05, 0) is 75.5 Å². The van der Waals surface area contributed by atoms with E-state index >= 15 is 0 Å². The molecule has 0 unspecified atom stereocenters. The van der Waals surface area contributed by atoms with Crippen molar-refractivity contribution < 1.29 is 8.83 Å². The lowest BCUT2D eigenvalue weighted by Crippen LogP contribution is -2.00. The zero-order chi connectivity index (χ0) is 35.6. The Morgan fingerprint density at radius 2 is 0.889 bits per heavy atom. The van der Waals surface area contributed by atoms with Gasteiger partial charge in [-0.3, -0.25) is 0 Å². The Hall–Kier alpha value is -7.37. The van der Waals surface area contributed by atoms with Crippen LogP contribution in [0.25, 0.3) is 111 Å². The molecule has 252 valence electrons. The van der Waals surface area contributed by atoms with Crippen LogP contribution in [0.4, 0.5) is 0 Å². The minimum Gasteiger partial charge on any atom is -0.456 e. The molecule has 3 aromatic heterocycles. The molecule has 0 N–H and O–H groups in total. The first-order valence-corrected chi connectivity index (χ1v) is 18.0. The van der Waals surface area contributed by atoms with Crippen molar-refractivity contribution in [3.63, 3.8) is 0 Å². The van der Waals surface area contributed by atoms with Crippen LogP contribution in [0.15, 0.2) is 185 Å². The van der Waals surface area contributed by atoms with Gasteiger partial charge in [0.1, 0.15) is 22.3 Å². The normalized spacial score (nSPS) is 11.7. The van der Waals surface area contributed by atoms with E-state index in [0.717, 1.165) is 93.6 Å². The summed E-state index contributed by atoms with van der Waals surface area (Å²) >= 11 is 0. The Labute approximate surface area is 309 Å². The molecule has 54 heavy (non-hydrogen) atoms. The zero-order valence-corrected chi connectivity index (χ0v) is 28.9. The molecular formula is C49H29N3O2. The molecule has 5 heteroatoms. The van der Waals surface area contributed by atoms with Crippen molar-refractivity contribution in [1.82, 2.24) is 15.0 Å². The highest BCUT2D eigenvalue weighted by atomic mass is 16.3. The average Bonchev–Trinajstić information content (AvgIpc) is 3.81. The molecule has 0 atom stereocenters. The first-order valence-electron chi connectivity index (χ1n) is 18.0. The van der Waals surface area contributed by atoms with E-state index < -0.39 is 0 Å². The number of furan rings is 2. The maximum absolute atomic E-state index is 6.46. The van der Waals surface area contributed by atoms with Gasteiger partial charge >= 0.3 is 0 Å². The lowest BCUT2D eigenvalue weighted by Gasteiger charge is -2.10. The summed E-state index contributed by atoms with van der Waals surface area (Å²) in [5, 5.41) is 6.46. The summed E-state index contributed by atoms with van der Waals surface area (Å²) in [5.74, 6) is 1.79. The second-order valence-electron chi connectivity index (χ2n) is 13.6. The van der Waals surface area contributed by atoms with Gasteiger partial charge in [-0.25, -0.2) is 15.0 Å². The Kier molecular flexibility index (Phi) is 6.79. The summed E-state index contributed by atoms with van der Waals surface area (Å²) in [4.78, 5) is 15.4. The molecule has 0 saturated heterocycles. The lowest BCUT2D eigenvalue weighted by atomic mass is 9.99. The SMILES string of the molecule is c1ccc(-c2ccc(-c3nc(-c4ccc5ccccc5c4)nc(-c4cccc5oc6ccc(-c7ccc8c(c7)oc7ccccc78)cc6c45)n3)cc2)cc1. The highest BCUT2D eigenvalue weighted by Gasteiger charge is 2.19. The predicted octanol–water partition coefficient (Wildman–Crippen LogP) is 13.2. The van der Waals surface area contributed by atoms with Gasteiger partial charge in [-0.1, -0.05) is 133 Å². The van der Waals surface area contributed by atoms with Gasteiger partial charge in [0.2, 0.25) is 0 Å². The number of rotatable bonds is 5. The number of para-hydroxylation sites is 1. The second-order valence-corrected chi connectivity index (χ2v) is 13.6. The fraction of sp³-hybridized carbons (Fsp3) is 0. The van der Waals surface area contributed by atoms with Crippen LogP contribution in [0, 0.1) is 0 Å². The maximum Gasteiger partial charge on any atom is 0.164 e. The highest BCUT2D eigenvalue weighted by molar-refractivity contribution is 6.13. The molecule has 0 bridgehead atoms. The monoisotopic (exact) mass is 691 g/mol. The summed E-state index contributed by atoms with van der Waals surface area (Å²) in [6.45, 7) is 0. The van der Waals surface area contributed by atoms with Crippen molar-refractivity contribution in [2.75, 3.05) is 0 Å². The van der Waals surface area contributed by atoms with Crippen LogP contribution in [0.1, 0.15) is 0 Å². The fourth-order valence-corrected chi connectivity index (χ4v) is 7.62. The van der Waals surface area contributed by atoms with Gasteiger partial charge in [0.25, 0.3) is 0 Å². The van der Waals surface area contributed by atoms with E-state index in [2.05, 4.69) is 133 Å². The third kappa shape index (κ3) is 5.06. The van der Waals surface area contributed by atoms with E-state index in [1.165, 1.54) is 0 Å². The standard InChI is InChI=1S/C49H29N3O2/c1-2-9-30(10-3-1)32-17-20-33(21-18-32)47-50-48(37-22-19-31-11-4-5-12-34(31)27-37)52-49(51-47)40-14-8-16-44-46(40)41-28-35(24-26-43(41)53-44)36-23-25-39-38-13-6-7-15-42(38)54-45(39)29-36/h1-29H. The molecule has 0 saturated carbocycles. The van der Waals surface area contributed by atoms with Gasteiger partial charge in [-0.2, -0.15) is 0 Å². The molecule has 0 aliphatic rings. The molecule has 0 fully saturated rings. The third-order valence-corrected chi connectivity index (χ3v) is 10.3. The quantitative estimate of drug-likeness (QED) is 0.180. The van der Waals surface area contributed by atoms with Gasteiger partial charge in [0.05, 0.1) is 0 Å². The van der Waals surface area contributed by atoms with Crippen molar-refractivity contribution in [1.29, 1.82) is 0 Å². The topological polar surface area (TPSA) is 65.0 Å². The van der Waals surface area contributed by atoms with E-state index in [0.29, 0.717) is 17.5 Å². The first kappa shape index (κ1) is 30.3. The van der Waals surface area contributed by atoms with E-state index in [1.54, 1.807) is 0 Å². The molecule has 11 aromatic rings. The number of nitrogens with zero attached hydrogens (tertiary/aromatic N) is 3.